The van der Waals surface area contributed by atoms with E-state index in [2.05, 4.69) is 13.8 Å². The van der Waals surface area contributed by atoms with Crippen molar-refractivity contribution in [2.24, 2.45) is 5.41 Å². The summed E-state index contributed by atoms with van der Waals surface area (Å²) < 4.78 is 0. The molecule has 0 saturated heterocycles. The lowest BCUT2D eigenvalue weighted by Gasteiger charge is -2.28. The first-order valence-electron chi connectivity index (χ1n) is 6.03. The molecule has 0 unspecified atom stereocenters. The molecule has 0 N–H and O–H groups in total. The highest BCUT2D eigenvalue weighted by Gasteiger charge is 2.38. The van der Waals surface area contributed by atoms with Crippen molar-refractivity contribution >= 4 is 11.6 Å². The van der Waals surface area contributed by atoms with Crippen molar-refractivity contribution in [3.05, 3.63) is 0 Å². The molecule has 0 spiro atoms. The fraction of sp³-hybridized carbons (Fsp3) is 0.846. The van der Waals surface area contributed by atoms with Gasteiger partial charge in [-0.25, -0.2) is 0 Å². The van der Waals surface area contributed by atoms with E-state index in [-0.39, 0.29) is 11.6 Å². The summed E-state index contributed by atoms with van der Waals surface area (Å²) in [5, 5.41) is 0. The van der Waals surface area contributed by atoms with E-state index in [4.69, 9.17) is 0 Å². The Kier molecular flexibility index (Phi) is 6.46. The molecule has 0 aromatic heterocycles. The number of unbranched alkanes of at least 4 members (excludes halogenated alkanes) is 2. The largest absolute Gasteiger partial charge is 0.299 e. The van der Waals surface area contributed by atoms with Gasteiger partial charge >= 0.3 is 0 Å². The fourth-order valence-corrected chi connectivity index (χ4v) is 2.03. The maximum absolute atomic E-state index is 11.7. The van der Waals surface area contributed by atoms with Gasteiger partial charge in [0.2, 0.25) is 0 Å². The summed E-state index contributed by atoms with van der Waals surface area (Å²) in [5.41, 5.74) is -0.675. The number of hydrogen-bond donors (Lipinski definition) is 0. The monoisotopic (exact) mass is 212 g/mol. The lowest BCUT2D eigenvalue weighted by Crippen LogP contribution is -2.36. The van der Waals surface area contributed by atoms with Gasteiger partial charge in [-0.3, -0.25) is 9.59 Å². The van der Waals surface area contributed by atoms with Crippen LogP contribution in [0.15, 0.2) is 0 Å². The summed E-state index contributed by atoms with van der Waals surface area (Å²) in [4.78, 5) is 23.4. The van der Waals surface area contributed by atoms with E-state index >= 15 is 0 Å². The summed E-state index contributed by atoms with van der Waals surface area (Å²) in [7, 11) is 0. The molecule has 88 valence electrons. The highest BCUT2D eigenvalue weighted by atomic mass is 16.2. The molecule has 0 aromatic rings. The van der Waals surface area contributed by atoms with Crippen LogP contribution in [0.5, 0.6) is 0 Å². The molecular formula is C13H24O2. The number of carbonyl (C=O) groups excluding carboxylic acids is 2. The van der Waals surface area contributed by atoms with Gasteiger partial charge in [-0.1, -0.05) is 39.5 Å². The predicted molar refractivity (Wildman–Crippen MR) is 62.8 cm³/mol. The average molecular weight is 212 g/mol. The van der Waals surface area contributed by atoms with E-state index < -0.39 is 5.41 Å². The molecule has 0 saturated carbocycles. The van der Waals surface area contributed by atoms with E-state index in [9.17, 15) is 9.59 Å². The molecule has 0 aromatic carbocycles. The molecular weight excluding hydrogens is 188 g/mol. The molecule has 2 heteroatoms. The summed E-state index contributed by atoms with van der Waals surface area (Å²) in [6, 6.07) is 0. The molecule has 0 heterocycles. The van der Waals surface area contributed by atoms with Gasteiger partial charge in [0.25, 0.3) is 0 Å². The molecule has 0 rings (SSSR count). The van der Waals surface area contributed by atoms with Crippen molar-refractivity contribution < 1.29 is 9.59 Å². The molecule has 0 aliphatic heterocycles. The Balaban J connectivity index is 4.73. The second kappa shape index (κ2) is 6.76. The highest BCUT2D eigenvalue weighted by Crippen LogP contribution is 2.33. The highest BCUT2D eigenvalue weighted by molar-refractivity contribution is 6.04. The van der Waals surface area contributed by atoms with Crippen LogP contribution in [0.3, 0.4) is 0 Å². The quantitative estimate of drug-likeness (QED) is 0.577. The molecule has 0 aliphatic carbocycles. The Bertz CT molecular complexity index is 195. The Morgan fingerprint density at radius 3 is 1.40 bits per heavy atom. The number of rotatable bonds is 8. The molecule has 0 fully saturated rings. The first-order valence-corrected chi connectivity index (χ1v) is 6.03. The third-order valence-corrected chi connectivity index (χ3v) is 3.26. The molecule has 0 radical (unpaired) electrons. The van der Waals surface area contributed by atoms with Crippen LogP contribution in [0.2, 0.25) is 0 Å². The van der Waals surface area contributed by atoms with Crippen molar-refractivity contribution in [3.63, 3.8) is 0 Å². The number of ketones is 2. The first kappa shape index (κ1) is 14.3. The van der Waals surface area contributed by atoms with E-state index in [0.717, 1.165) is 38.5 Å². The second-order valence-corrected chi connectivity index (χ2v) is 4.40. The lowest BCUT2D eigenvalue weighted by molar-refractivity contribution is -0.139. The van der Waals surface area contributed by atoms with Crippen LogP contribution in [0.25, 0.3) is 0 Å². The first-order chi connectivity index (χ1) is 7.01. The lowest BCUT2D eigenvalue weighted by atomic mass is 9.72. The molecule has 2 nitrogen and oxygen atoms in total. The summed E-state index contributed by atoms with van der Waals surface area (Å²) in [6.07, 6.45) is 5.46. The van der Waals surface area contributed by atoms with E-state index in [1.807, 2.05) is 0 Å². The molecule has 0 aliphatic rings. The van der Waals surface area contributed by atoms with Crippen LogP contribution < -0.4 is 0 Å². The maximum Gasteiger partial charge on any atom is 0.143 e. The van der Waals surface area contributed by atoms with Gasteiger partial charge in [0.15, 0.2) is 0 Å². The van der Waals surface area contributed by atoms with Crippen molar-refractivity contribution in [2.75, 3.05) is 0 Å². The third-order valence-electron chi connectivity index (χ3n) is 3.26. The maximum atomic E-state index is 11.7. The number of hydrogen-bond acceptors (Lipinski definition) is 2. The fourth-order valence-electron chi connectivity index (χ4n) is 2.03. The van der Waals surface area contributed by atoms with Crippen molar-refractivity contribution in [2.45, 2.75) is 66.2 Å². The molecule has 0 bridgehead atoms. The van der Waals surface area contributed by atoms with Crippen molar-refractivity contribution in [1.82, 2.24) is 0 Å². The number of carbonyl (C=O) groups is 2. The second-order valence-electron chi connectivity index (χ2n) is 4.40. The van der Waals surface area contributed by atoms with Crippen molar-refractivity contribution in [3.8, 4) is 0 Å². The minimum Gasteiger partial charge on any atom is -0.299 e. The zero-order valence-electron chi connectivity index (χ0n) is 10.6. The van der Waals surface area contributed by atoms with Gasteiger partial charge in [0.05, 0.1) is 5.41 Å². The van der Waals surface area contributed by atoms with E-state index in [0.29, 0.717) is 0 Å². The Labute approximate surface area is 93.4 Å². The summed E-state index contributed by atoms with van der Waals surface area (Å²) in [5.74, 6) is 0.105. The smallest absolute Gasteiger partial charge is 0.143 e. The molecule has 15 heavy (non-hydrogen) atoms. The third kappa shape index (κ3) is 3.77. The van der Waals surface area contributed by atoms with Crippen LogP contribution >= 0.6 is 0 Å². The van der Waals surface area contributed by atoms with Gasteiger partial charge in [-0.2, -0.15) is 0 Å². The van der Waals surface area contributed by atoms with Crippen LogP contribution in [0.1, 0.15) is 66.2 Å². The van der Waals surface area contributed by atoms with Crippen LogP contribution in [0.4, 0.5) is 0 Å². The SMILES string of the molecule is CCCCC(CCCC)(C(C)=O)C(C)=O. The number of Topliss-reactive ketones (excluding diaryl/α,β-unsaturated/α-hetero) is 2. The van der Waals surface area contributed by atoms with Crippen LogP contribution in [-0.2, 0) is 9.59 Å². The predicted octanol–water partition coefficient (Wildman–Crippen LogP) is 3.53. The minimum absolute atomic E-state index is 0.0527. The van der Waals surface area contributed by atoms with E-state index in [1.54, 1.807) is 13.8 Å². The average Bonchev–Trinajstić information content (AvgIpc) is 2.17. The van der Waals surface area contributed by atoms with Gasteiger partial charge < -0.3 is 0 Å². The zero-order chi connectivity index (χ0) is 11.9. The minimum atomic E-state index is -0.675. The van der Waals surface area contributed by atoms with Crippen LogP contribution in [-0.4, -0.2) is 11.6 Å². The standard InChI is InChI=1S/C13H24O2/c1-5-7-9-13(11(3)14,12(4)15)10-8-6-2/h5-10H2,1-4H3. The zero-order valence-corrected chi connectivity index (χ0v) is 10.6. The van der Waals surface area contributed by atoms with Gasteiger partial charge in [0, 0.05) is 0 Å². The normalized spacial score (nSPS) is 11.5. The summed E-state index contributed by atoms with van der Waals surface area (Å²) >= 11 is 0. The van der Waals surface area contributed by atoms with E-state index in [1.165, 1.54) is 0 Å². The Morgan fingerprint density at radius 2 is 1.20 bits per heavy atom. The summed E-state index contributed by atoms with van der Waals surface area (Å²) in [6.45, 7) is 7.30. The van der Waals surface area contributed by atoms with Gasteiger partial charge in [-0.05, 0) is 26.7 Å². The topological polar surface area (TPSA) is 34.1 Å². The Morgan fingerprint density at radius 1 is 0.867 bits per heavy atom. The van der Waals surface area contributed by atoms with Gasteiger partial charge in [-0.15, -0.1) is 0 Å². The van der Waals surface area contributed by atoms with Crippen molar-refractivity contribution in [1.29, 1.82) is 0 Å². The molecule has 0 amide bonds. The molecule has 0 atom stereocenters. The Hall–Kier alpha value is -0.660. The van der Waals surface area contributed by atoms with Gasteiger partial charge in [0.1, 0.15) is 11.6 Å². The van der Waals surface area contributed by atoms with Crippen LogP contribution in [0, 0.1) is 5.41 Å².